The third-order valence-electron chi connectivity index (χ3n) is 5.11. The number of likely N-dealkylation sites (tertiary alicyclic amines) is 1. The molecule has 0 aromatic heterocycles. The number of piperidine rings is 1. The highest BCUT2D eigenvalue weighted by Gasteiger charge is 2.46. The van der Waals surface area contributed by atoms with E-state index >= 15 is 0 Å². The number of aryl methyl sites for hydroxylation is 1. The van der Waals surface area contributed by atoms with Crippen molar-refractivity contribution in [2.24, 2.45) is 5.92 Å². The van der Waals surface area contributed by atoms with E-state index < -0.39 is 0 Å². The summed E-state index contributed by atoms with van der Waals surface area (Å²) in [6.07, 6.45) is 3.77. The molecule has 0 radical (unpaired) electrons. The van der Waals surface area contributed by atoms with Crippen LogP contribution in [-0.4, -0.2) is 48.3 Å². The summed E-state index contributed by atoms with van der Waals surface area (Å²) in [7, 11) is 0. The average molecular weight is 317 g/mol. The molecule has 0 bridgehead atoms. The van der Waals surface area contributed by atoms with E-state index in [0.29, 0.717) is 24.9 Å². The molecule has 1 aliphatic carbocycles. The second-order valence-electron chi connectivity index (χ2n) is 6.78. The van der Waals surface area contributed by atoms with Crippen LogP contribution < -0.4 is 0 Å². The smallest absolute Gasteiger partial charge is 0.226 e. The van der Waals surface area contributed by atoms with E-state index in [9.17, 15) is 4.79 Å². The van der Waals surface area contributed by atoms with E-state index in [4.69, 9.17) is 9.84 Å². The number of aliphatic hydroxyl groups is 1. The van der Waals surface area contributed by atoms with Crippen LogP contribution in [0.15, 0.2) is 24.3 Å². The van der Waals surface area contributed by atoms with Gasteiger partial charge in [-0.2, -0.15) is 0 Å². The van der Waals surface area contributed by atoms with E-state index in [1.165, 1.54) is 11.1 Å². The molecule has 1 saturated carbocycles. The lowest BCUT2D eigenvalue weighted by atomic mass is 10.0. The molecule has 2 unspecified atom stereocenters. The maximum absolute atomic E-state index is 12.7. The first-order valence-corrected chi connectivity index (χ1v) is 8.77. The van der Waals surface area contributed by atoms with Gasteiger partial charge in [0, 0.05) is 32.2 Å². The summed E-state index contributed by atoms with van der Waals surface area (Å²) >= 11 is 0. The van der Waals surface area contributed by atoms with Crippen LogP contribution in [0.3, 0.4) is 0 Å². The van der Waals surface area contributed by atoms with Crippen LogP contribution in [0.5, 0.6) is 0 Å². The van der Waals surface area contributed by atoms with Gasteiger partial charge in [-0.15, -0.1) is 0 Å². The lowest BCUT2D eigenvalue weighted by Gasteiger charge is -2.32. The zero-order valence-corrected chi connectivity index (χ0v) is 13.9. The number of carbonyl (C=O) groups excluding carboxylic acids is 1. The van der Waals surface area contributed by atoms with Crippen LogP contribution in [0.1, 0.15) is 42.7 Å². The Morgan fingerprint density at radius 3 is 2.74 bits per heavy atom. The first-order chi connectivity index (χ1) is 11.2. The first kappa shape index (κ1) is 16.5. The van der Waals surface area contributed by atoms with Gasteiger partial charge in [-0.25, -0.2) is 0 Å². The average Bonchev–Trinajstić information content (AvgIpc) is 3.36. The Balaban J connectivity index is 1.47. The van der Waals surface area contributed by atoms with Gasteiger partial charge in [0.2, 0.25) is 5.91 Å². The fraction of sp³-hybridized carbons (Fsp3) is 0.632. The molecule has 2 aliphatic rings. The van der Waals surface area contributed by atoms with Gasteiger partial charge in [-0.1, -0.05) is 24.3 Å². The van der Waals surface area contributed by atoms with Gasteiger partial charge < -0.3 is 14.7 Å². The number of benzene rings is 1. The predicted molar refractivity (Wildman–Crippen MR) is 89.3 cm³/mol. The van der Waals surface area contributed by atoms with Crippen LogP contribution in [0, 0.1) is 12.8 Å². The Hall–Kier alpha value is -1.39. The van der Waals surface area contributed by atoms with Crippen molar-refractivity contribution < 1.29 is 14.6 Å². The zero-order valence-electron chi connectivity index (χ0n) is 13.9. The van der Waals surface area contributed by atoms with E-state index in [0.717, 1.165) is 32.4 Å². The summed E-state index contributed by atoms with van der Waals surface area (Å²) < 4.78 is 5.74. The number of hydrogen-bond acceptors (Lipinski definition) is 3. The van der Waals surface area contributed by atoms with E-state index in [2.05, 4.69) is 31.2 Å². The summed E-state index contributed by atoms with van der Waals surface area (Å²) in [5, 5.41) is 8.78. The van der Waals surface area contributed by atoms with Crippen LogP contribution in [0.2, 0.25) is 0 Å². The Bertz CT molecular complexity index is 537. The number of carbonyl (C=O) groups is 1. The number of aliphatic hydroxyl groups excluding tert-OH is 1. The lowest BCUT2D eigenvalue weighted by molar-refractivity contribution is -0.135. The fourth-order valence-electron chi connectivity index (χ4n) is 3.61. The first-order valence-electron chi connectivity index (χ1n) is 8.77. The number of nitrogens with zero attached hydrogens (tertiary/aromatic N) is 1. The van der Waals surface area contributed by atoms with E-state index in [1.807, 2.05) is 4.90 Å². The number of ether oxygens (including phenoxy) is 1. The molecule has 1 aromatic rings. The Morgan fingerprint density at radius 2 is 2.04 bits per heavy atom. The van der Waals surface area contributed by atoms with Gasteiger partial charge in [-0.05, 0) is 49.7 Å². The van der Waals surface area contributed by atoms with E-state index in [-0.39, 0.29) is 18.6 Å². The van der Waals surface area contributed by atoms with Crippen LogP contribution in [-0.2, 0) is 9.53 Å². The van der Waals surface area contributed by atoms with Gasteiger partial charge in [0.1, 0.15) is 0 Å². The molecule has 1 amide bonds. The van der Waals surface area contributed by atoms with Crippen LogP contribution in [0.25, 0.3) is 0 Å². The maximum atomic E-state index is 12.7. The second-order valence-corrected chi connectivity index (χ2v) is 6.78. The summed E-state index contributed by atoms with van der Waals surface area (Å²) in [4.78, 5) is 14.7. The summed E-state index contributed by atoms with van der Waals surface area (Å²) in [5.74, 6) is 0.928. The molecule has 3 rings (SSSR count). The standard InChI is InChI=1S/C19H27NO3/c1-14-5-2-3-6-16(14)17-13-18(17)19(22)20-9-7-15(8-10-20)23-12-4-11-21/h2-3,5-6,15,17-18,21H,4,7-13H2,1H3. The SMILES string of the molecule is Cc1ccccc1C1CC1C(=O)N1CCC(OCCCO)CC1. The molecular formula is C19H27NO3. The maximum Gasteiger partial charge on any atom is 0.226 e. The van der Waals surface area contributed by atoms with Crippen LogP contribution in [0.4, 0.5) is 0 Å². The van der Waals surface area contributed by atoms with Crippen molar-refractivity contribution in [1.82, 2.24) is 4.90 Å². The molecule has 0 spiro atoms. The summed E-state index contributed by atoms with van der Waals surface area (Å²) in [5.41, 5.74) is 2.64. The van der Waals surface area contributed by atoms with Crippen molar-refractivity contribution in [3.8, 4) is 0 Å². The third kappa shape index (κ3) is 3.93. The van der Waals surface area contributed by atoms with Crippen molar-refractivity contribution >= 4 is 5.91 Å². The monoisotopic (exact) mass is 317 g/mol. The number of rotatable bonds is 6. The molecule has 1 aromatic carbocycles. The fourth-order valence-corrected chi connectivity index (χ4v) is 3.61. The third-order valence-corrected chi connectivity index (χ3v) is 5.11. The van der Waals surface area contributed by atoms with Crippen molar-refractivity contribution in [1.29, 1.82) is 0 Å². The molecule has 1 heterocycles. The van der Waals surface area contributed by atoms with Crippen LogP contribution >= 0.6 is 0 Å². The van der Waals surface area contributed by atoms with Crippen molar-refractivity contribution in [3.63, 3.8) is 0 Å². The minimum Gasteiger partial charge on any atom is -0.396 e. The minimum absolute atomic E-state index is 0.180. The summed E-state index contributed by atoms with van der Waals surface area (Å²) in [6, 6.07) is 8.41. The zero-order chi connectivity index (χ0) is 16.2. The molecule has 4 heteroatoms. The van der Waals surface area contributed by atoms with Crippen molar-refractivity contribution in [2.45, 2.75) is 44.6 Å². The Labute approximate surface area is 138 Å². The molecule has 2 atom stereocenters. The minimum atomic E-state index is 0.180. The van der Waals surface area contributed by atoms with Gasteiger partial charge in [0.05, 0.1) is 6.10 Å². The Morgan fingerprint density at radius 1 is 1.30 bits per heavy atom. The predicted octanol–water partition coefficient (Wildman–Crippen LogP) is 2.49. The largest absolute Gasteiger partial charge is 0.396 e. The highest BCUT2D eigenvalue weighted by Crippen LogP contribution is 2.49. The van der Waals surface area contributed by atoms with Crippen molar-refractivity contribution in [3.05, 3.63) is 35.4 Å². The highest BCUT2D eigenvalue weighted by molar-refractivity contribution is 5.83. The van der Waals surface area contributed by atoms with Gasteiger partial charge in [0.15, 0.2) is 0 Å². The van der Waals surface area contributed by atoms with E-state index in [1.54, 1.807) is 0 Å². The number of hydrogen-bond donors (Lipinski definition) is 1. The Kier molecular flexibility index (Phi) is 5.34. The topological polar surface area (TPSA) is 49.8 Å². The molecule has 4 nitrogen and oxygen atoms in total. The normalized spacial score (nSPS) is 24.7. The second kappa shape index (κ2) is 7.45. The molecule has 1 aliphatic heterocycles. The summed E-state index contributed by atoms with van der Waals surface area (Å²) in [6.45, 7) is 4.54. The lowest BCUT2D eigenvalue weighted by Crippen LogP contribution is -2.41. The molecule has 23 heavy (non-hydrogen) atoms. The quantitative estimate of drug-likeness (QED) is 0.820. The van der Waals surface area contributed by atoms with Gasteiger partial charge in [-0.3, -0.25) is 4.79 Å². The van der Waals surface area contributed by atoms with Crippen molar-refractivity contribution in [2.75, 3.05) is 26.3 Å². The van der Waals surface area contributed by atoms with Gasteiger partial charge in [0.25, 0.3) is 0 Å². The number of amides is 1. The molecule has 126 valence electrons. The molecule has 1 saturated heterocycles. The highest BCUT2D eigenvalue weighted by atomic mass is 16.5. The molecular weight excluding hydrogens is 290 g/mol. The molecule has 2 fully saturated rings. The van der Waals surface area contributed by atoms with Gasteiger partial charge >= 0.3 is 0 Å². The molecule has 1 N–H and O–H groups in total.